The van der Waals surface area contributed by atoms with E-state index in [1.165, 1.54) is 19.3 Å². The van der Waals surface area contributed by atoms with Gasteiger partial charge in [-0.05, 0) is 19.0 Å². The van der Waals surface area contributed by atoms with Crippen molar-refractivity contribution in [1.82, 2.24) is 5.32 Å². The summed E-state index contributed by atoms with van der Waals surface area (Å²) in [6, 6.07) is 0. The molecule has 0 bridgehead atoms. The number of rotatable bonds is 9. The molecule has 0 rings (SSSR count). The predicted octanol–water partition coefficient (Wildman–Crippen LogP) is 1.85. The Labute approximate surface area is 97.3 Å². The Morgan fingerprint density at radius 1 is 1.19 bits per heavy atom. The first-order chi connectivity index (χ1) is 7.66. The normalized spacial score (nSPS) is 10.6. The largest absolute Gasteiger partial charge is 0.370 e. The second kappa shape index (κ2) is 10.2. The van der Waals surface area contributed by atoms with Gasteiger partial charge in [0.2, 0.25) is 11.8 Å². The van der Waals surface area contributed by atoms with Crippen molar-refractivity contribution >= 4 is 11.8 Å². The molecular formula is C12H22N2O2. The summed E-state index contributed by atoms with van der Waals surface area (Å²) >= 11 is 0. The zero-order chi connectivity index (χ0) is 12.2. The van der Waals surface area contributed by atoms with Crippen molar-refractivity contribution in [3.8, 4) is 0 Å². The number of nitrogens with two attached hydrogens (primary N) is 1. The van der Waals surface area contributed by atoms with Gasteiger partial charge in [-0.15, -0.1) is 0 Å². The van der Waals surface area contributed by atoms with E-state index in [2.05, 4.69) is 12.2 Å². The van der Waals surface area contributed by atoms with Gasteiger partial charge in [0.1, 0.15) is 0 Å². The SMILES string of the molecule is CCCCCCC=CNC(=O)CCC(N)=O. The van der Waals surface area contributed by atoms with Crippen LogP contribution in [-0.4, -0.2) is 11.8 Å². The Kier molecular flexibility index (Phi) is 9.36. The number of unbranched alkanes of at least 4 members (excludes halogenated alkanes) is 4. The van der Waals surface area contributed by atoms with E-state index >= 15 is 0 Å². The van der Waals surface area contributed by atoms with Crippen molar-refractivity contribution in [1.29, 1.82) is 0 Å². The van der Waals surface area contributed by atoms with Gasteiger partial charge < -0.3 is 11.1 Å². The van der Waals surface area contributed by atoms with Gasteiger partial charge in [0.25, 0.3) is 0 Å². The van der Waals surface area contributed by atoms with E-state index in [1.54, 1.807) is 6.20 Å². The first kappa shape index (κ1) is 14.7. The minimum atomic E-state index is -0.446. The van der Waals surface area contributed by atoms with Gasteiger partial charge in [0, 0.05) is 12.8 Å². The van der Waals surface area contributed by atoms with Crippen LogP contribution in [0.3, 0.4) is 0 Å². The maximum absolute atomic E-state index is 11.1. The Morgan fingerprint density at radius 3 is 2.56 bits per heavy atom. The number of allylic oxidation sites excluding steroid dienone is 1. The van der Waals surface area contributed by atoms with Crippen molar-refractivity contribution < 1.29 is 9.59 Å². The second-order valence-electron chi connectivity index (χ2n) is 3.79. The molecule has 0 saturated carbocycles. The predicted molar refractivity (Wildman–Crippen MR) is 64.5 cm³/mol. The van der Waals surface area contributed by atoms with Crippen LogP contribution in [0.25, 0.3) is 0 Å². The van der Waals surface area contributed by atoms with Gasteiger partial charge >= 0.3 is 0 Å². The number of hydrogen-bond donors (Lipinski definition) is 2. The fourth-order valence-electron chi connectivity index (χ4n) is 1.23. The van der Waals surface area contributed by atoms with Crippen LogP contribution in [0.1, 0.15) is 51.9 Å². The van der Waals surface area contributed by atoms with Crippen molar-refractivity contribution in [3.63, 3.8) is 0 Å². The Bertz CT molecular complexity index is 237. The van der Waals surface area contributed by atoms with Crippen LogP contribution < -0.4 is 11.1 Å². The van der Waals surface area contributed by atoms with E-state index in [0.717, 1.165) is 12.8 Å². The Morgan fingerprint density at radius 2 is 1.94 bits per heavy atom. The number of primary amides is 1. The molecule has 0 aliphatic heterocycles. The molecule has 0 aromatic rings. The maximum atomic E-state index is 11.1. The zero-order valence-electron chi connectivity index (χ0n) is 10.00. The summed E-state index contributed by atoms with van der Waals surface area (Å²) in [6.07, 6.45) is 9.72. The van der Waals surface area contributed by atoms with E-state index in [4.69, 9.17) is 5.73 Å². The summed E-state index contributed by atoms with van der Waals surface area (Å²) < 4.78 is 0. The van der Waals surface area contributed by atoms with E-state index in [0.29, 0.717) is 0 Å². The Hall–Kier alpha value is -1.32. The lowest BCUT2D eigenvalue weighted by Crippen LogP contribution is -2.20. The Balaban J connectivity index is 3.37. The molecule has 16 heavy (non-hydrogen) atoms. The fraction of sp³-hybridized carbons (Fsp3) is 0.667. The molecule has 0 fully saturated rings. The summed E-state index contributed by atoms with van der Waals surface area (Å²) in [5.74, 6) is -0.609. The molecule has 0 aromatic heterocycles. The minimum Gasteiger partial charge on any atom is -0.370 e. The van der Waals surface area contributed by atoms with E-state index in [-0.39, 0.29) is 18.7 Å². The molecule has 4 heteroatoms. The third-order valence-corrected chi connectivity index (χ3v) is 2.18. The quantitative estimate of drug-likeness (QED) is 0.589. The van der Waals surface area contributed by atoms with Gasteiger partial charge in [0.15, 0.2) is 0 Å². The molecule has 0 aliphatic carbocycles. The topological polar surface area (TPSA) is 72.2 Å². The first-order valence-electron chi connectivity index (χ1n) is 5.89. The molecule has 0 aliphatic rings. The van der Waals surface area contributed by atoms with E-state index in [1.807, 2.05) is 6.08 Å². The monoisotopic (exact) mass is 226 g/mol. The molecule has 0 radical (unpaired) electrons. The highest BCUT2D eigenvalue weighted by atomic mass is 16.2. The van der Waals surface area contributed by atoms with Crippen LogP contribution in [-0.2, 0) is 9.59 Å². The number of amides is 2. The minimum absolute atomic E-state index is 0.107. The number of carbonyl (C=O) groups is 2. The van der Waals surface area contributed by atoms with Crippen molar-refractivity contribution in [2.75, 3.05) is 0 Å². The van der Waals surface area contributed by atoms with Crippen LogP contribution >= 0.6 is 0 Å². The molecule has 0 atom stereocenters. The first-order valence-corrected chi connectivity index (χ1v) is 5.89. The van der Waals surface area contributed by atoms with Crippen molar-refractivity contribution in [2.45, 2.75) is 51.9 Å². The number of carbonyl (C=O) groups excluding carboxylic acids is 2. The van der Waals surface area contributed by atoms with Crippen LogP contribution in [0.5, 0.6) is 0 Å². The summed E-state index contributed by atoms with van der Waals surface area (Å²) in [5.41, 5.74) is 4.93. The molecule has 0 unspecified atom stereocenters. The number of nitrogens with one attached hydrogen (secondary N) is 1. The highest BCUT2D eigenvalue weighted by molar-refractivity contribution is 5.83. The lowest BCUT2D eigenvalue weighted by Gasteiger charge is -1.98. The summed E-state index contributed by atoms with van der Waals surface area (Å²) in [4.78, 5) is 21.5. The van der Waals surface area contributed by atoms with Crippen molar-refractivity contribution in [2.24, 2.45) is 5.73 Å². The van der Waals surface area contributed by atoms with Crippen molar-refractivity contribution in [3.05, 3.63) is 12.3 Å². The molecule has 92 valence electrons. The molecule has 0 saturated heterocycles. The molecule has 0 aromatic carbocycles. The highest BCUT2D eigenvalue weighted by Crippen LogP contribution is 2.02. The average Bonchev–Trinajstić information content (AvgIpc) is 2.25. The van der Waals surface area contributed by atoms with Gasteiger partial charge in [-0.3, -0.25) is 9.59 Å². The standard InChI is InChI=1S/C12H22N2O2/c1-2-3-4-5-6-7-10-14-12(16)9-8-11(13)15/h7,10H,2-6,8-9H2,1H3,(H2,13,15)(H,14,16). The molecule has 0 spiro atoms. The van der Waals surface area contributed by atoms with Gasteiger partial charge in [-0.25, -0.2) is 0 Å². The van der Waals surface area contributed by atoms with E-state index in [9.17, 15) is 9.59 Å². The van der Waals surface area contributed by atoms with Crippen LogP contribution in [0.2, 0.25) is 0 Å². The molecular weight excluding hydrogens is 204 g/mol. The summed E-state index contributed by atoms with van der Waals surface area (Å²) in [7, 11) is 0. The van der Waals surface area contributed by atoms with Crippen LogP contribution in [0.15, 0.2) is 12.3 Å². The van der Waals surface area contributed by atoms with Crippen LogP contribution in [0, 0.1) is 0 Å². The van der Waals surface area contributed by atoms with E-state index < -0.39 is 5.91 Å². The zero-order valence-corrected chi connectivity index (χ0v) is 10.00. The molecule has 4 nitrogen and oxygen atoms in total. The fourth-order valence-corrected chi connectivity index (χ4v) is 1.23. The summed E-state index contributed by atoms with van der Waals surface area (Å²) in [5, 5.41) is 2.60. The van der Waals surface area contributed by atoms with Gasteiger partial charge in [-0.2, -0.15) is 0 Å². The third-order valence-electron chi connectivity index (χ3n) is 2.18. The summed E-state index contributed by atoms with van der Waals surface area (Å²) in [6.45, 7) is 2.18. The lowest BCUT2D eigenvalue weighted by atomic mass is 10.1. The molecule has 2 amide bonds. The maximum Gasteiger partial charge on any atom is 0.224 e. The van der Waals surface area contributed by atoms with Gasteiger partial charge in [0.05, 0.1) is 0 Å². The lowest BCUT2D eigenvalue weighted by molar-refractivity contribution is -0.124. The smallest absolute Gasteiger partial charge is 0.224 e. The molecule has 3 N–H and O–H groups in total. The highest BCUT2D eigenvalue weighted by Gasteiger charge is 2.00. The number of hydrogen-bond acceptors (Lipinski definition) is 2. The molecule has 0 heterocycles. The van der Waals surface area contributed by atoms with Crippen LogP contribution in [0.4, 0.5) is 0 Å². The second-order valence-corrected chi connectivity index (χ2v) is 3.79. The average molecular weight is 226 g/mol. The third kappa shape index (κ3) is 10.8. The van der Waals surface area contributed by atoms with Gasteiger partial charge in [-0.1, -0.05) is 32.3 Å².